The second kappa shape index (κ2) is 6.70. The Bertz CT molecular complexity index is 744. The lowest BCUT2D eigenvalue weighted by atomic mass is 10.3. The molecule has 0 spiro atoms. The van der Waals surface area contributed by atoms with Crippen LogP contribution in [-0.2, 0) is 10.2 Å². The molecule has 2 aromatic rings. The summed E-state index contributed by atoms with van der Waals surface area (Å²) in [5.41, 5.74) is 1.38. The van der Waals surface area contributed by atoms with Crippen LogP contribution in [0.1, 0.15) is 0 Å². The van der Waals surface area contributed by atoms with Gasteiger partial charge in [0.2, 0.25) is 0 Å². The van der Waals surface area contributed by atoms with E-state index in [0.29, 0.717) is 21.4 Å². The minimum absolute atomic E-state index is 0.225. The molecule has 1 heterocycles. The van der Waals surface area contributed by atoms with Crippen molar-refractivity contribution in [3.63, 3.8) is 0 Å². The Balaban J connectivity index is 2.12. The number of anilines is 3. The van der Waals surface area contributed by atoms with Crippen LogP contribution < -0.4 is 10.0 Å². The monoisotopic (exact) mass is 360 g/mol. The van der Waals surface area contributed by atoms with Crippen molar-refractivity contribution < 1.29 is 8.42 Å². The molecule has 0 fully saturated rings. The van der Waals surface area contributed by atoms with E-state index in [4.69, 9.17) is 23.2 Å². The minimum atomic E-state index is -3.57. The van der Waals surface area contributed by atoms with Gasteiger partial charge in [0.25, 0.3) is 0 Å². The lowest BCUT2D eigenvalue weighted by Crippen LogP contribution is -2.29. The molecule has 0 amide bonds. The molecule has 1 aromatic heterocycles. The fourth-order valence-electron chi connectivity index (χ4n) is 1.54. The summed E-state index contributed by atoms with van der Waals surface area (Å²) in [6, 6.07) is 8.31. The van der Waals surface area contributed by atoms with Crippen LogP contribution in [0.2, 0.25) is 10.0 Å². The van der Waals surface area contributed by atoms with Crippen molar-refractivity contribution in [1.82, 2.24) is 9.29 Å². The van der Waals surface area contributed by atoms with Gasteiger partial charge in [-0.3, -0.25) is 4.72 Å². The maximum atomic E-state index is 11.7. The van der Waals surface area contributed by atoms with Crippen molar-refractivity contribution in [2.24, 2.45) is 0 Å². The number of nitrogens with zero attached hydrogens (tertiary/aromatic N) is 2. The summed E-state index contributed by atoms with van der Waals surface area (Å²) in [7, 11) is -0.705. The lowest BCUT2D eigenvalue weighted by Gasteiger charge is -2.13. The molecule has 1 aromatic carbocycles. The van der Waals surface area contributed by atoms with Crippen molar-refractivity contribution in [1.29, 1.82) is 0 Å². The molecule has 0 radical (unpaired) electrons. The third-order valence-corrected chi connectivity index (χ3v) is 4.49. The van der Waals surface area contributed by atoms with Crippen LogP contribution in [-0.4, -0.2) is 31.8 Å². The van der Waals surface area contributed by atoms with Crippen LogP contribution in [0, 0.1) is 0 Å². The summed E-state index contributed by atoms with van der Waals surface area (Å²) in [5.74, 6) is 0.225. The van der Waals surface area contributed by atoms with Gasteiger partial charge in [0, 0.05) is 29.8 Å². The average Bonchev–Trinajstić information content (AvgIpc) is 2.39. The zero-order valence-electron chi connectivity index (χ0n) is 11.8. The molecule has 9 heteroatoms. The quantitative estimate of drug-likeness (QED) is 0.857. The van der Waals surface area contributed by atoms with Gasteiger partial charge in [0.05, 0.1) is 11.9 Å². The first-order valence-corrected chi connectivity index (χ1v) is 8.35. The number of nitrogens with one attached hydrogen (secondary N) is 2. The predicted molar refractivity (Wildman–Crippen MR) is 90.2 cm³/mol. The van der Waals surface area contributed by atoms with Gasteiger partial charge in [-0.1, -0.05) is 23.2 Å². The van der Waals surface area contributed by atoms with E-state index in [1.165, 1.54) is 20.3 Å². The molecule has 0 saturated heterocycles. The Morgan fingerprint density at radius 1 is 1.05 bits per heavy atom. The molecule has 2 rings (SSSR count). The zero-order chi connectivity index (χ0) is 16.3. The van der Waals surface area contributed by atoms with Gasteiger partial charge in [-0.05, 0) is 30.3 Å². The van der Waals surface area contributed by atoms with Gasteiger partial charge >= 0.3 is 10.2 Å². The van der Waals surface area contributed by atoms with E-state index in [-0.39, 0.29) is 5.82 Å². The van der Waals surface area contributed by atoms with Crippen LogP contribution in [0.5, 0.6) is 0 Å². The topological polar surface area (TPSA) is 74.3 Å². The first-order chi connectivity index (χ1) is 10.3. The molecule has 0 bridgehead atoms. The van der Waals surface area contributed by atoms with Gasteiger partial charge in [-0.2, -0.15) is 12.7 Å². The summed E-state index contributed by atoms with van der Waals surface area (Å²) < 4.78 is 26.8. The van der Waals surface area contributed by atoms with Crippen molar-refractivity contribution in [2.45, 2.75) is 0 Å². The molecular formula is C13H14Cl2N4O2S. The Hall–Kier alpha value is -1.54. The van der Waals surface area contributed by atoms with Crippen LogP contribution in [0.15, 0.2) is 36.5 Å². The number of hydrogen-bond donors (Lipinski definition) is 2. The molecular weight excluding hydrogens is 347 g/mol. The van der Waals surface area contributed by atoms with E-state index in [1.54, 1.807) is 30.3 Å². The van der Waals surface area contributed by atoms with E-state index >= 15 is 0 Å². The molecule has 0 aliphatic rings. The Labute approximate surface area is 139 Å². The number of benzene rings is 1. The third kappa shape index (κ3) is 4.48. The number of rotatable bonds is 5. The van der Waals surface area contributed by atoms with E-state index in [9.17, 15) is 8.42 Å². The minimum Gasteiger partial charge on any atom is -0.354 e. The molecule has 0 atom stereocenters. The molecule has 118 valence electrons. The largest absolute Gasteiger partial charge is 0.354 e. The second-order valence-corrected chi connectivity index (χ2v) is 7.36. The highest BCUT2D eigenvalue weighted by atomic mass is 35.5. The second-order valence-electron chi connectivity index (χ2n) is 4.60. The molecule has 6 nitrogen and oxygen atoms in total. The van der Waals surface area contributed by atoms with Gasteiger partial charge in [0.15, 0.2) is 0 Å². The summed E-state index contributed by atoms with van der Waals surface area (Å²) in [6.45, 7) is 0. The number of halogens is 2. The standard InChI is InChI=1S/C13H14Cl2N4O2S/c1-19(2)22(20,21)18-13-4-3-11(8-16-13)17-12-6-9(14)5-10(15)7-12/h3-8,17H,1-2H3,(H,16,18). The Morgan fingerprint density at radius 2 is 1.68 bits per heavy atom. The third-order valence-electron chi connectivity index (χ3n) is 2.63. The van der Waals surface area contributed by atoms with Gasteiger partial charge in [-0.25, -0.2) is 4.98 Å². The fourth-order valence-corrected chi connectivity index (χ4v) is 2.64. The van der Waals surface area contributed by atoms with Crippen molar-refractivity contribution in [3.05, 3.63) is 46.6 Å². The highest BCUT2D eigenvalue weighted by Crippen LogP contribution is 2.25. The van der Waals surface area contributed by atoms with Crippen molar-refractivity contribution in [2.75, 3.05) is 24.1 Å². The molecule has 0 unspecified atom stereocenters. The molecule has 2 N–H and O–H groups in total. The average molecular weight is 361 g/mol. The Kier molecular flexibility index (Phi) is 5.12. The molecule has 0 aliphatic heterocycles. The summed E-state index contributed by atoms with van der Waals surface area (Å²) in [5, 5.41) is 4.10. The highest BCUT2D eigenvalue weighted by molar-refractivity contribution is 7.90. The van der Waals surface area contributed by atoms with Crippen LogP contribution >= 0.6 is 23.2 Å². The molecule has 0 saturated carbocycles. The van der Waals surface area contributed by atoms with Gasteiger partial charge in [0.1, 0.15) is 5.82 Å². The van der Waals surface area contributed by atoms with E-state index < -0.39 is 10.2 Å². The van der Waals surface area contributed by atoms with Crippen molar-refractivity contribution >= 4 is 50.6 Å². The lowest BCUT2D eigenvalue weighted by molar-refractivity contribution is 0.526. The van der Waals surface area contributed by atoms with Crippen LogP contribution in [0.25, 0.3) is 0 Å². The van der Waals surface area contributed by atoms with Crippen LogP contribution in [0.4, 0.5) is 17.2 Å². The summed E-state index contributed by atoms with van der Waals surface area (Å²) in [4.78, 5) is 4.04. The molecule has 0 aliphatic carbocycles. The van der Waals surface area contributed by atoms with Gasteiger partial charge in [-0.15, -0.1) is 0 Å². The van der Waals surface area contributed by atoms with E-state index in [2.05, 4.69) is 15.0 Å². The van der Waals surface area contributed by atoms with E-state index in [0.717, 1.165) is 4.31 Å². The number of pyridine rings is 1. The van der Waals surface area contributed by atoms with Gasteiger partial charge < -0.3 is 5.32 Å². The number of hydrogen-bond acceptors (Lipinski definition) is 4. The predicted octanol–water partition coefficient (Wildman–Crippen LogP) is 3.35. The summed E-state index contributed by atoms with van der Waals surface area (Å²) in [6.07, 6.45) is 1.50. The maximum absolute atomic E-state index is 11.7. The smallest absolute Gasteiger partial charge is 0.302 e. The normalized spacial score (nSPS) is 11.5. The fraction of sp³-hybridized carbons (Fsp3) is 0.154. The summed E-state index contributed by atoms with van der Waals surface area (Å²) >= 11 is 11.8. The SMILES string of the molecule is CN(C)S(=O)(=O)Nc1ccc(Nc2cc(Cl)cc(Cl)c2)cn1. The maximum Gasteiger partial charge on any atom is 0.302 e. The van der Waals surface area contributed by atoms with Crippen molar-refractivity contribution in [3.8, 4) is 0 Å². The van der Waals surface area contributed by atoms with E-state index in [1.807, 2.05) is 0 Å². The van der Waals surface area contributed by atoms with Crippen LogP contribution in [0.3, 0.4) is 0 Å². The molecule has 22 heavy (non-hydrogen) atoms. The number of aromatic nitrogens is 1. The Morgan fingerprint density at radius 3 is 2.18 bits per heavy atom. The highest BCUT2D eigenvalue weighted by Gasteiger charge is 2.13. The first-order valence-electron chi connectivity index (χ1n) is 6.16. The zero-order valence-corrected chi connectivity index (χ0v) is 14.2. The first kappa shape index (κ1) is 16.8.